The summed E-state index contributed by atoms with van der Waals surface area (Å²) in [5.74, 6) is 0.226. The largest absolute Gasteiger partial charge is 0.353 e. The van der Waals surface area contributed by atoms with Gasteiger partial charge in [-0.05, 0) is 19.8 Å². The molecule has 5 heteroatoms. The molecule has 0 aromatic rings. The zero-order valence-electron chi connectivity index (χ0n) is 11.7. The van der Waals surface area contributed by atoms with Gasteiger partial charge in [-0.3, -0.25) is 9.59 Å². The standard InChI is InChI=1S/C13H25N3O2/c1-4-5-10(2)15-12(17)8-14-11-6-7-13(18)16(3)9-11/h10-11,14H,4-9H2,1-3H3,(H,15,17). The zero-order valence-corrected chi connectivity index (χ0v) is 11.7. The first-order valence-corrected chi connectivity index (χ1v) is 6.79. The number of carbonyl (C=O) groups is 2. The lowest BCUT2D eigenvalue weighted by molar-refractivity contribution is -0.132. The molecule has 0 radical (unpaired) electrons. The Morgan fingerprint density at radius 3 is 2.89 bits per heavy atom. The number of amides is 2. The molecule has 2 amide bonds. The number of hydrogen-bond donors (Lipinski definition) is 2. The molecule has 2 unspecified atom stereocenters. The lowest BCUT2D eigenvalue weighted by Gasteiger charge is -2.30. The molecule has 1 heterocycles. The van der Waals surface area contributed by atoms with Crippen molar-refractivity contribution in [3.8, 4) is 0 Å². The average Bonchev–Trinajstić information content (AvgIpc) is 2.31. The van der Waals surface area contributed by atoms with E-state index < -0.39 is 0 Å². The number of hydrogen-bond acceptors (Lipinski definition) is 3. The van der Waals surface area contributed by atoms with Gasteiger partial charge < -0.3 is 15.5 Å². The normalized spacial score (nSPS) is 21.8. The molecule has 5 nitrogen and oxygen atoms in total. The van der Waals surface area contributed by atoms with Gasteiger partial charge in [0, 0.05) is 32.1 Å². The number of likely N-dealkylation sites (N-methyl/N-ethyl adjacent to an activating group) is 1. The van der Waals surface area contributed by atoms with Crippen LogP contribution in [-0.2, 0) is 9.59 Å². The van der Waals surface area contributed by atoms with E-state index in [1.807, 2.05) is 6.92 Å². The van der Waals surface area contributed by atoms with Gasteiger partial charge in [0.05, 0.1) is 6.54 Å². The molecule has 1 rings (SSSR count). The lowest BCUT2D eigenvalue weighted by atomic mass is 10.1. The van der Waals surface area contributed by atoms with Crippen LogP contribution in [0.15, 0.2) is 0 Å². The number of likely N-dealkylation sites (tertiary alicyclic amines) is 1. The molecule has 1 aliphatic rings. The fourth-order valence-electron chi connectivity index (χ4n) is 2.25. The molecule has 0 saturated carbocycles. The summed E-state index contributed by atoms with van der Waals surface area (Å²) in [7, 11) is 1.81. The van der Waals surface area contributed by atoms with Gasteiger partial charge >= 0.3 is 0 Å². The van der Waals surface area contributed by atoms with Crippen molar-refractivity contribution in [2.45, 2.75) is 51.6 Å². The molecule has 0 aromatic carbocycles. The van der Waals surface area contributed by atoms with E-state index in [9.17, 15) is 9.59 Å². The molecule has 2 atom stereocenters. The van der Waals surface area contributed by atoms with Crippen molar-refractivity contribution in [1.29, 1.82) is 0 Å². The second-order valence-electron chi connectivity index (χ2n) is 5.15. The van der Waals surface area contributed by atoms with E-state index >= 15 is 0 Å². The molecule has 2 N–H and O–H groups in total. The van der Waals surface area contributed by atoms with E-state index in [1.165, 1.54) is 0 Å². The Bertz CT molecular complexity index is 294. The van der Waals surface area contributed by atoms with Gasteiger partial charge in [0.2, 0.25) is 11.8 Å². The molecule has 1 aliphatic heterocycles. The predicted octanol–water partition coefficient (Wildman–Crippen LogP) is 0.502. The van der Waals surface area contributed by atoms with E-state index in [1.54, 1.807) is 11.9 Å². The minimum Gasteiger partial charge on any atom is -0.353 e. The summed E-state index contributed by atoms with van der Waals surface area (Å²) in [6.07, 6.45) is 3.47. The van der Waals surface area contributed by atoms with Crippen LogP contribution in [-0.4, -0.2) is 48.9 Å². The van der Waals surface area contributed by atoms with Crippen molar-refractivity contribution in [2.24, 2.45) is 0 Å². The summed E-state index contributed by atoms with van der Waals surface area (Å²) in [5, 5.41) is 6.17. The van der Waals surface area contributed by atoms with Crippen LogP contribution in [0.4, 0.5) is 0 Å². The number of rotatable bonds is 6. The summed E-state index contributed by atoms with van der Waals surface area (Å²) >= 11 is 0. The second-order valence-corrected chi connectivity index (χ2v) is 5.15. The Kier molecular flexibility index (Phi) is 6.12. The summed E-state index contributed by atoms with van der Waals surface area (Å²) in [6.45, 7) is 5.15. The summed E-state index contributed by atoms with van der Waals surface area (Å²) in [4.78, 5) is 24.7. The van der Waals surface area contributed by atoms with Crippen molar-refractivity contribution in [2.75, 3.05) is 20.1 Å². The van der Waals surface area contributed by atoms with Crippen LogP contribution in [0.2, 0.25) is 0 Å². The SMILES string of the molecule is CCCC(C)NC(=O)CNC1CCC(=O)N(C)C1. The maximum absolute atomic E-state index is 11.7. The van der Waals surface area contributed by atoms with E-state index in [0.717, 1.165) is 19.3 Å². The fraction of sp³-hybridized carbons (Fsp3) is 0.846. The van der Waals surface area contributed by atoms with Crippen molar-refractivity contribution in [3.05, 3.63) is 0 Å². The van der Waals surface area contributed by atoms with E-state index in [0.29, 0.717) is 19.5 Å². The fourth-order valence-corrected chi connectivity index (χ4v) is 2.25. The Labute approximate surface area is 109 Å². The molecule has 1 fully saturated rings. The van der Waals surface area contributed by atoms with E-state index in [4.69, 9.17) is 0 Å². The van der Waals surface area contributed by atoms with Crippen LogP contribution in [0, 0.1) is 0 Å². The van der Waals surface area contributed by atoms with Gasteiger partial charge in [0.25, 0.3) is 0 Å². The molecular formula is C13H25N3O2. The van der Waals surface area contributed by atoms with Gasteiger partial charge in [0.1, 0.15) is 0 Å². The van der Waals surface area contributed by atoms with Crippen LogP contribution in [0.3, 0.4) is 0 Å². The van der Waals surface area contributed by atoms with Crippen LogP contribution in [0.1, 0.15) is 39.5 Å². The third-order valence-corrected chi connectivity index (χ3v) is 3.31. The first-order valence-electron chi connectivity index (χ1n) is 6.79. The van der Waals surface area contributed by atoms with Crippen LogP contribution in [0.25, 0.3) is 0 Å². The number of piperidine rings is 1. The maximum Gasteiger partial charge on any atom is 0.234 e. The zero-order chi connectivity index (χ0) is 13.5. The molecule has 0 aromatic heterocycles. The van der Waals surface area contributed by atoms with Crippen LogP contribution in [0.5, 0.6) is 0 Å². The minimum atomic E-state index is 0.0375. The summed E-state index contributed by atoms with van der Waals surface area (Å²) < 4.78 is 0. The van der Waals surface area contributed by atoms with Crippen LogP contribution >= 0.6 is 0 Å². The van der Waals surface area contributed by atoms with Crippen molar-refractivity contribution >= 4 is 11.8 Å². The first kappa shape index (κ1) is 15.0. The minimum absolute atomic E-state index is 0.0375. The summed E-state index contributed by atoms with van der Waals surface area (Å²) in [6, 6.07) is 0.472. The number of carbonyl (C=O) groups excluding carboxylic acids is 2. The smallest absolute Gasteiger partial charge is 0.234 e. The monoisotopic (exact) mass is 255 g/mol. The molecule has 0 bridgehead atoms. The third-order valence-electron chi connectivity index (χ3n) is 3.31. The Balaban J connectivity index is 2.20. The average molecular weight is 255 g/mol. The van der Waals surface area contributed by atoms with Gasteiger partial charge in [-0.1, -0.05) is 13.3 Å². The highest BCUT2D eigenvalue weighted by Gasteiger charge is 2.22. The Morgan fingerprint density at radius 1 is 1.56 bits per heavy atom. The first-order chi connectivity index (χ1) is 8.52. The quantitative estimate of drug-likeness (QED) is 0.726. The molecule has 1 saturated heterocycles. The van der Waals surface area contributed by atoms with Crippen LogP contribution < -0.4 is 10.6 Å². The highest BCUT2D eigenvalue weighted by Crippen LogP contribution is 2.09. The number of nitrogens with zero attached hydrogens (tertiary/aromatic N) is 1. The Morgan fingerprint density at radius 2 is 2.28 bits per heavy atom. The Hall–Kier alpha value is -1.10. The third kappa shape index (κ3) is 5.04. The highest BCUT2D eigenvalue weighted by atomic mass is 16.2. The molecule has 0 spiro atoms. The maximum atomic E-state index is 11.7. The predicted molar refractivity (Wildman–Crippen MR) is 71.2 cm³/mol. The van der Waals surface area contributed by atoms with Crippen molar-refractivity contribution in [3.63, 3.8) is 0 Å². The van der Waals surface area contributed by atoms with Gasteiger partial charge in [0.15, 0.2) is 0 Å². The molecule has 104 valence electrons. The molecule has 0 aliphatic carbocycles. The van der Waals surface area contributed by atoms with Gasteiger partial charge in [-0.15, -0.1) is 0 Å². The molecule has 18 heavy (non-hydrogen) atoms. The lowest BCUT2D eigenvalue weighted by Crippen LogP contribution is -2.49. The topological polar surface area (TPSA) is 61.4 Å². The molecular weight excluding hydrogens is 230 g/mol. The number of nitrogens with one attached hydrogen (secondary N) is 2. The summed E-state index contributed by atoms with van der Waals surface area (Å²) in [5.41, 5.74) is 0. The van der Waals surface area contributed by atoms with E-state index in [-0.39, 0.29) is 23.9 Å². The highest BCUT2D eigenvalue weighted by molar-refractivity contribution is 5.78. The van der Waals surface area contributed by atoms with Crippen molar-refractivity contribution in [1.82, 2.24) is 15.5 Å². The van der Waals surface area contributed by atoms with Gasteiger partial charge in [-0.25, -0.2) is 0 Å². The second kappa shape index (κ2) is 7.36. The van der Waals surface area contributed by atoms with E-state index in [2.05, 4.69) is 17.6 Å². The van der Waals surface area contributed by atoms with Crippen molar-refractivity contribution < 1.29 is 9.59 Å². The van der Waals surface area contributed by atoms with Gasteiger partial charge in [-0.2, -0.15) is 0 Å².